The van der Waals surface area contributed by atoms with Crippen molar-refractivity contribution in [2.75, 3.05) is 26.0 Å². The standard InChI is InChI=1S/C16H21N3S2/c1-12-6-4-7-13(10-12)18-16(20)17-11-14(19(2)3)15-8-5-9-21-15/h4-10,14H,11H2,1-3H3,(H2,17,18,20)/t14-/m1/s1. The first-order valence-corrected chi connectivity index (χ1v) is 8.16. The summed E-state index contributed by atoms with van der Waals surface area (Å²) in [5, 5.41) is 9.30. The van der Waals surface area contributed by atoms with Crippen LogP contribution in [0.25, 0.3) is 0 Å². The quantitative estimate of drug-likeness (QED) is 0.823. The van der Waals surface area contributed by atoms with Gasteiger partial charge in [-0.25, -0.2) is 0 Å². The first-order chi connectivity index (χ1) is 10.1. The molecule has 112 valence electrons. The van der Waals surface area contributed by atoms with E-state index in [0.717, 1.165) is 12.2 Å². The van der Waals surface area contributed by atoms with Gasteiger partial charge in [0.2, 0.25) is 0 Å². The maximum atomic E-state index is 5.38. The number of hydrogen-bond acceptors (Lipinski definition) is 3. The molecule has 0 spiro atoms. The van der Waals surface area contributed by atoms with Gasteiger partial charge in [-0.15, -0.1) is 11.3 Å². The Morgan fingerprint density at radius 3 is 2.71 bits per heavy atom. The minimum absolute atomic E-state index is 0.322. The number of anilines is 1. The van der Waals surface area contributed by atoms with E-state index in [1.807, 2.05) is 12.1 Å². The van der Waals surface area contributed by atoms with E-state index < -0.39 is 0 Å². The van der Waals surface area contributed by atoms with Crippen LogP contribution in [-0.4, -0.2) is 30.7 Å². The van der Waals surface area contributed by atoms with Gasteiger partial charge in [0.25, 0.3) is 0 Å². The molecule has 0 amide bonds. The van der Waals surface area contributed by atoms with E-state index in [2.05, 4.69) is 66.2 Å². The molecule has 0 bridgehead atoms. The molecule has 0 aliphatic heterocycles. The van der Waals surface area contributed by atoms with Crippen molar-refractivity contribution in [3.05, 3.63) is 52.2 Å². The van der Waals surface area contributed by atoms with E-state index in [1.54, 1.807) is 11.3 Å². The Balaban J connectivity index is 1.90. The van der Waals surface area contributed by atoms with Crippen molar-refractivity contribution in [2.24, 2.45) is 0 Å². The van der Waals surface area contributed by atoms with Gasteiger partial charge < -0.3 is 15.5 Å². The Hall–Kier alpha value is -1.43. The van der Waals surface area contributed by atoms with Gasteiger partial charge in [-0.3, -0.25) is 0 Å². The molecule has 2 rings (SSSR count). The molecule has 5 heteroatoms. The van der Waals surface area contributed by atoms with Crippen molar-refractivity contribution in [3.63, 3.8) is 0 Å². The van der Waals surface area contributed by atoms with Crippen molar-refractivity contribution in [2.45, 2.75) is 13.0 Å². The summed E-state index contributed by atoms with van der Waals surface area (Å²) in [6, 6.07) is 12.8. The monoisotopic (exact) mass is 319 g/mol. The number of benzene rings is 1. The van der Waals surface area contributed by atoms with Crippen LogP contribution in [0.4, 0.5) is 5.69 Å². The number of nitrogens with one attached hydrogen (secondary N) is 2. The summed E-state index contributed by atoms with van der Waals surface area (Å²) in [4.78, 5) is 3.54. The van der Waals surface area contributed by atoms with Crippen LogP contribution in [0.1, 0.15) is 16.5 Å². The molecule has 0 saturated carbocycles. The minimum atomic E-state index is 0.322. The van der Waals surface area contributed by atoms with E-state index >= 15 is 0 Å². The molecular weight excluding hydrogens is 298 g/mol. The molecule has 1 heterocycles. The largest absolute Gasteiger partial charge is 0.360 e. The zero-order valence-electron chi connectivity index (χ0n) is 12.6. The van der Waals surface area contributed by atoms with Crippen molar-refractivity contribution in [1.29, 1.82) is 0 Å². The molecule has 1 aromatic carbocycles. The molecule has 2 N–H and O–H groups in total. The minimum Gasteiger partial charge on any atom is -0.360 e. The second-order valence-corrected chi connectivity index (χ2v) is 6.59. The molecule has 1 atom stereocenters. The summed E-state index contributed by atoms with van der Waals surface area (Å²) in [7, 11) is 4.17. The van der Waals surface area contributed by atoms with E-state index in [9.17, 15) is 0 Å². The highest BCUT2D eigenvalue weighted by atomic mass is 32.1. The number of likely N-dealkylation sites (N-methyl/N-ethyl adjacent to an activating group) is 1. The molecular formula is C16H21N3S2. The van der Waals surface area contributed by atoms with Gasteiger partial charge in [-0.2, -0.15) is 0 Å². The van der Waals surface area contributed by atoms with Gasteiger partial charge in [-0.05, 0) is 62.4 Å². The van der Waals surface area contributed by atoms with E-state index in [0.29, 0.717) is 11.2 Å². The first-order valence-electron chi connectivity index (χ1n) is 6.87. The van der Waals surface area contributed by atoms with Crippen LogP contribution in [-0.2, 0) is 0 Å². The van der Waals surface area contributed by atoms with Gasteiger partial charge >= 0.3 is 0 Å². The van der Waals surface area contributed by atoms with Gasteiger partial charge in [-0.1, -0.05) is 18.2 Å². The maximum Gasteiger partial charge on any atom is 0.170 e. The lowest BCUT2D eigenvalue weighted by Gasteiger charge is -2.24. The number of aryl methyl sites for hydroxylation is 1. The lowest BCUT2D eigenvalue weighted by Crippen LogP contribution is -2.36. The second kappa shape index (κ2) is 7.54. The van der Waals surface area contributed by atoms with Crippen LogP contribution in [0.5, 0.6) is 0 Å². The molecule has 21 heavy (non-hydrogen) atoms. The number of hydrogen-bond donors (Lipinski definition) is 2. The SMILES string of the molecule is Cc1cccc(NC(=S)NC[C@H](c2cccs2)N(C)C)c1. The summed E-state index contributed by atoms with van der Waals surface area (Å²) in [5.41, 5.74) is 2.23. The fourth-order valence-corrected chi connectivity index (χ4v) is 3.23. The molecule has 0 unspecified atom stereocenters. The van der Waals surface area contributed by atoms with Crippen LogP contribution < -0.4 is 10.6 Å². The Morgan fingerprint density at radius 2 is 2.10 bits per heavy atom. The van der Waals surface area contributed by atoms with Crippen LogP contribution >= 0.6 is 23.6 Å². The molecule has 0 aliphatic carbocycles. The maximum absolute atomic E-state index is 5.38. The molecule has 0 aliphatic rings. The van der Waals surface area contributed by atoms with Crippen molar-refractivity contribution in [3.8, 4) is 0 Å². The predicted molar refractivity (Wildman–Crippen MR) is 96.1 cm³/mol. The third-order valence-corrected chi connectivity index (χ3v) is 4.45. The number of nitrogens with zero attached hydrogens (tertiary/aromatic N) is 1. The second-order valence-electron chi connectivity index (χ2n) is 5.20. The van der Waals surface area contributed by atoms with Crippen molar-refractivity contribution < 1.29 is 0 Å². The first kappa shape index (κ1) is 15.9. The molecule has 0 radical (unpaired) electrons. The normalized spacial score (nSPS) is 12.2. The molecule has 0 saturated heterocycles. The highest BCUT2D eigenvalue weighted by molar-refractivity contribution is 7.80. The fourth-order valence-electron chi connectivity index (χ4n) is 2.11. The smallest absolute Gasteiger partial charge is 0.170 e. The number of thiocarbonyl (C=S) groups is 1. The molecule has 3 nitrogen and oxygen atoms in total. The Labute approximate surface area is 136 Å². The summed E-state index contributed by atoms with van der Waals surface area (Å²) >= 11 is 7.15. The average Bonchev–Trinajstić information content (AvgIpc) is 2.92. The fraction of sp³-hybridized carbons (Fsp3) is 0.312. The Morgan fingerprint density at radius 1 is 1.29 bits per heavy atom. The van der Waals surface area contributed by atoms with Gasteiger partial charge in [0.1, 0.15) is 0 Å². The van der Waals surface area contributed by atoms with Crippen LogP contribution in [0.2, 0.25) is 0 Å². The lowest BCUT2D eigenvalue weighted by molar-refractivity contribution is 0.303. The third kappa shape index (κ3) is 4.81. The molecule has 2 aromatic rings. The van der Waals surface area contributed by atoms with Crippen LogP contribution in [0.3, 0.4) is 0 Å². The van der Waals surface area contributed by atoms with Gasteiger partial charge in [0, 0.05) is 17.1 Å². The van der Waals surface area contributed by atoms with E-state index in [-0.39, 0.29) is 0 Å². The highest BCUT2D eigenvalue weighted by Crippen LogP contribution is 2.22. The van der Waals surface area contributed by atoms with Crippen LogP contribution in [0.15, 0.2) is 41.8 Å². The summed E-state index contributed by atoms with van der Waals surface area (Å²) in [6.45, 7) is 2.85. The zero-order chi connectivity index (χ0) is 15.2. The van der Waals surface area contributed by atoms with E-state index in [4.69, 9.17) is 12.2 Å². The lowest BCUT2D eigenvalue weighted by atomic mass is 10.2. The molecule has 0 fully saturated rings. The number of rotatable bonds is 5. The summed E-state index contributed by atoms with van der Waals surface area (Å²) in [6.07, 6.45) is 0. The van der Waals surface area contributed by atoms with Crippen molar-refractivity contribution in [1.82, 2.24) is 10.2 Å². The van der Waals surface area contributed by atoms with Gasteiger partial charge in [0.05, 0.1) is 6.04 Å². The highest BCUT2D eigenvalue weighted by Gasteiger charge is 2.15. The summed E-state index contributed by atoms with van der Waals surface area (Å²) in [5.74, 6) is 0. The van der Waals surface area contributed by atoms with Crippen LogP contribution in [0, 0.1) is 6.92 Å². The third-order valence-electron chi connectivity index (χ3n) is 3.23. The van der Waals surface area contributed by atoms with Gasteiger partial charge in [0.15, 0.2) is 5.11 Å². The van der Waals surface area contributed by atoms with E-state index in [1.165, 1.54) is 10.4 Å². The molecule has 1 aromatic heterocycles. The summed E-state index contributed by atoms with van der Waals surface area (Å²) < 4.78 is 0. The Bertz CT molecular complexity index is 579. The number of thiophene rings is 1. The Kier molecular flexibility index (Phi) is 5.73. The van der Waals surface area contributed by atoms with Crippen molar-refractivity contribution >= 4 is 34.4 Å². The predicted octanol–water partition coefficient (Wildman–Crippen LogP) is 3.65. The topological polar surface area (TPSA) is 27.3 Å². The average molecular weight is 319 g/mol. The zero-order valence-corrected chi connectivity index (χ0v) is 14.2.